The molecule has 1 unspecified atom stereocenters. The van der Waals surface area contributed by atoms with Gasteiger partial charge in [0.05, 0.1) is 13.2 Å². The van der Waals surface area contributed by atoms with Gasteiger partial charge in [0.1, 0.15) is 11.6 Å². The molecule has 2 aromatic carbocycles. The van der Waals surface area contributed by atoms with Crippen molar-refractivity contribution >= 4 is 38.5 Å². The predicted octanol–water partition coefficient (Wildman–Crippen LogP) is 4.48. The zero-order chi connectivity index (χ0) is 14.7. The number of halogens is 3. The van der Waals surface area contributed by atoms with Gasteiger partial charge in [0, 0.05) is 14.5 Å². The van der Waals surface area contributed by atoms with Crippen molar-refractivity contribution in [2.24, 2.45) is 0 Å². The van der Waals surface area contributed by atoms with Gasteiger partial charge < -0.3 is 9.84 Å². The fourth-order valence-electron chi connectivity index (χ4n) is 1.92. The summed E-state index contributed by atoms with van der Waals surface area (Å²) in [5, 5.41) is 10.3. The van der Waals surface area contributed by atoms with Crippen molar-refractivity contribution in [3.8, 4) is 5.75 Å². The summed E-state index contributed by atoms with van der Waals surface area (Å²) in [6.45, 7) is 0. The predicted molar refractivity (Wildman–Crippen MR) is 88.5 cm³/mol. The lowest BCUT2D eigenvalue weighted by molar-refractivity contribution is 0.177. The van der Waals surface area contributed by atoms with Gasteiger partial charge in [0.15, 0.2) is 0 Å². The third kappa shape index (κ3) is 3.71. The molecule has 0 bridgehead atoms. The molecule has 0 aliphatic rings. The van der Waals surface area contributed by atoms with E-state index in [0.29, 0.717) is 9.99 Å². The van der Waals surface area contributed by atoms with Gasteiger partial charge in [0.2, 0.25) is 0 Å². The summed E-state index contributed by atoms with van der Waals surface area (Å²) in [6, 6.07) is 10.0. The Labute approximate surface area is 139 Å². The van der Waals surface area contributed by atoms with Crippen LogP contribution in [0.5, 0.6) is 5.75 Å². The first-order chi connectivity index (χ1) is 9.51. The highest BCUT2D eigenvalue weighted by Gasteiger charge is 2.14. The number of methoxy groups -OCH3 is 1. The second-order valence-corrected chi connectivity index (χ2v) is 6.36. The number of aliphatic hydroxyl groups excluding tert-OH is 1. The lowest BCUT2D eigenvalue weighted by Gasteiger charge is -2.15. The van der Waals surface area contributed by atoms with Gasteiger partial charge in [0.25, 0.3) is 0 Å². The van der Waals surface area contributed by atoms with E-state index in [1.807, 2.05) is 40.8 Å². The highest BCUT2D eigenvalue weighted by atomic mass is 127. The van der Waals surface area contributed by atoms with Crippen LogP contribution >= 0.6 is 38.5 Å². The first-order valence-corrected chi connectivity index (χ1v) is 7.84. The monoisotopic (exact) mass is 450 g/mol. The van der Waals surface area contributed by atoms with Crippen molar-refractivity contribution in [2.75, 3.05) is 7.11 Å². The van der Waals surface area contributed by atoms with Gasteiger partial charge in [-0.1, -0.05) is 22.0 Å². The van der Waals surface area contributed by atoms with Crippen LogP contribution in [0.4, 0.5) is 4.39 Å². The number of rotatable bonds is 4. The molecule has 0 aliphatic heterocycles. The summed E-state index contributed by atoms with van der Waals surface area (Å²) in [5.41, 5.74) is 1.67. The molecule has 0 heterocycles. The molecule has 0 aromatic heterocycles. The molecule has 5 heteroatoms. The van der Waals surface area contributed by atoms with E-state index >= 15 is 0 Å². The van der Waals surface area contributed by atoms with E-state index in [1.165, 1.54) is 12.1 Å². The molecule has 1 N–H and O–H groups in total. The molecule has 0 radical (unpaired) electrons. The Kier molecular flexibility index (Phi) is 5.40. The summed E-state index contributed by atoms with van der Waals surface area (Å²) >= 11 is 5.49. The molecule has 20 heavy (non-hydrogen) atoms. The molecule has 0 amide bonds. The standard InChI is InChI=1S/C15H13BrFIO2/c1-20-11-3-5-13(16)9(6-11)7-15(19)12-4-2-10(17)8-14(12)18/h2-6,8,15,19H,7H2,1H3. The molecule has 106 valence electrons. The van der Waals surface area contributed by atoms with E-state index in [-0.39, 0.29) is 5.82 Å². The summed E-state index contributed by atoms with van der Waals surface area (Å²) < 4.78 is 19.9. The van der Waals surface area contributed by atoms with Crippen LogP contribution < -0.4 is 4.74 Å². The van der Waals surface area contributed by atoms with Crippen LogP contribution in [0.25, 0.3) is 0 Å². The topological polar surface area (TPSA) is 29.5 Å². The van der Waals surface area contributed by atoms with Gasteiger partial charge in [-0.3, -0.25) is 0 Å². The van der Waals surface area contributed by atoms with E-state index in [0.717, 1.165) is 21.3 Å². The molecular formula is C15H13BrFIO2. The van der Waals surface area contributed by atoms with Crippen molar-refractivity contribution in [3.05, 3.63) is 61.4 Å². The van der Waals surface area contributed by atoms with Crippen LogP contribution in [0, 0.1) is 9.39 Å². The fraction of sp³-hybridized carbons (Fsp3) is 0.200. The van der Waals surface area contributed by atoms with Crippen LogP contribution in [0.2, 0.25) is 0 Å². The number of hydrogen-bond acceptors (Lipinski definition) is 2. The summed E-state index contributed by atoms with van der Waals surface area (Å²) in [6.07, 6.45) is -0.259. The van der Waals surface area contributed by atoms with Crippen molar-refractivity contribution in [1.29, 1.82) is 0 Å². The molecule has 0 spiro atoms. The zero-order valence-electron chi connectivity index (χ0n) is 10.7. The van der Waals surface area contributed by atoms with Gasteiger partial charge >= 0.3 is 0 Å². The third-order valence-electron chi connectivity index (χ3n) is 2.99. The van der Waals surface area contributed by atoms with Crippen LogP contribution in [0.15, 0.2) is 40.9 Å². The summed E-state index contributed by atoms with van der Waals surface area (Å²) in [7, 11) is 1.60. The quantitative estimate of drug-likeness (QED) is 0.696. The summed E-state index contributed by atoms with van der Waals surface area (Å²) in [5.74, 6) is 0.442. The first kappa shape index (κ1) is 15.7. The minimum Gasteiger partial charge on any atom is -0.497 e. The Hall–Kier alpha value is -0.660. The number of hydrogen-bond donors (Lipinski definition) is 1. The number of benzene rings is 2. The molecule has 0 saturated carbocycles. The van der Waals surface area contributed by atoms with Gasteiger partial charge in [-0.05, 0) is 64.0 Å². The van der Waals surface area contributed by atoms with Gasteiger partial charge in [-0.15, -0.1) is 0 Å². The van der Waals surface area contributed by atoms with Crippen molar-refractivity contribution in [1.82, 2.24) is 0 Å². The second-order valence-electron chi connectivity index (χ2n) is 4.34. The van der Waals surface area contributed by atoms with E-state index in [9.17, 15) is 9.50 Å². The van der Waals surface area contributed by atoms with E-state index in [4.69, 9.17) is 4.74 Å². The average Bonchev–Trinajstić information content (AvgIpc) is 2.41. The lowest BCUT2D eigenvalue weighted by Crippen LogP contribution is -2.05. The van der Waals surface area contributed by atoms with Crippen LogP contribution in [0.1, 0.15) is 17.2 Å². The minimum atomic E-state index is -0.689. The Bertz CT molecular complexity index is 619. The molecule has 2 nitrogen and oxygen atoms in total. The second kappa shape index (κ2) is 6.87. The number of ether oxygens (including phenoxy) is 1. The lowest BCUT2D eigenvalue weighted by atomic mass is 10.0. The maximum atomic E-state index is 13.1. The number of aliphatic hydroxyl groups is 1. The molecule has 1 atom stereocenters. The molecular weight excluding hydrogens is 438 g/mol. The maximum absolute atomic E-state index is 13.1. The Morgan fingerprint density at radius 3 is 2.70 bits per heavy atom. The van der Waals surface area contributed by atoms with E-state index < -0.39 is 6.10 Å². The smallest absolute Gasteiger partial charge is 0.124 e. The van der Waals surface area contributed by atoms with Crippen LogP contribution in [-0.2, 0) is 6.42 Å². The SMILES string of the molecule is COc1ccc(Br)c(CC(O)c2ccc(F)cc2I)c1. The highest BCUT2D eigenvalue weighted by molar-refractivity contribution is 14.1. The maximum Gasteiger partial charge on any atom is 0.124 e. The molecule has 0 aliphatic carbocycles. The van der Waals surface area contributed by atoms with Crippen LogP contribution in [-0.4, -0.2) is 12.2 Å². The average molecular weight is 451 g/mol. The minimum absolute atomic E-state index is 0.298. The van der Waals surface area contributed by atoms with E-state index in [1.54, 1.807) is 13.2 Å². The highest BCUT2D eigenvalue weighted by Crippen LogP contribution is 2.29. The molecule has 0 fully saturated rings. The Morgan fingerprint density at radius 1 is 1.30 bits per heavy atom. The zero-order valence-corrected chi connectivity index (χ0v) is 14.5. The summed E-state index contributed by atoms with van der Waals surface area (Å²) in [4.78, 5) is 0. The van der Waals surface area contributed by atoms with Crippen molar-refractivity contribution < 1.29 is 14.2 Å². The van der Waals surface area contributed by atoms with E-state index in [2.05, 4.69) is 15.9 Å². The third-order valence-corrected chi connectivity index (χ3v) is 4.70. The largest absolute Gasteiger partial charge is 0.497 e. The first-order valence-electron chi connectivity index (χ1n) is 5.96. The van der Waals surface area contributed by atoms with Gasteiger partial charge in [-0.25, -0.2) is 4.39 Å². The molecule has 2 rings (SSSR count). The van der Waals surface area contributed by atoms with Crippen molar-refractivity contribution in [2.45, 2.75) is 12.5 Å². The Morgan fingerprint density at radius 2 is 2.05 bits per heavy atom. The fourth-order valence-corrected chi connectivity index (χ4v) is 3.17. The van der Waals surface area contributed by atoms with Gasteiger partial charge in [-0.2, -0.15) is 0 Å². The molecule has 2 aromatic rings. The van der Waals surface area contributed by atoms with Crippen LogP contribution in [0.3, 0.4) is 0 Å². The molecule has 0 saturated heterocycles. The van der Waals surface area contributed by atoms with Crippen molar-refractivity contribution in [3.63, 3.8) is 0 Å². The normalized spacial score (nSPS) is 12.2. The Balaban J connectivity index is 2.25.